The first-order valence-corrected chi connectivity index (χ1v) is 9.55. The van der Waals surface area contributed by atoms with Gasteiger partial charge in [0.1, 0.15) is 5.60 Å². The molecule has 0 amide bonds. The number of benzene rings is 1. The van der Waals surface area contributed by atoms with Gasteiger partial charge in [0.05, 0.1) is 0 Å². The van der Waals surface area contributed by atoms with Crippen molar-refractivity contribution in [2.45, 2.75) is 45.1 Å². The van der Waals surface area contributed by atoms with Gasteiger partial charge in [-0.2, -0.15) is 0 Å². The zero-order chi connectivity index (χ0) is 17.9. The third-order valence-corrected chi connectivity index (χ3v) is 6.02. The number of rotatable bonds is 7. The summed E-state index contributed by atoms with van der Waals surface area (Å²) in [5, 5.41) is 11.9. The molecule has 25 heavy (non-hydrogen) atoms. The van der Waals surface area contributed by atoms with E-state index in [1.165, 1.54) is 5.56 Å². The zero-order valence-electron chi connectivity index (χ0n) is 15.7. The van der Waals surface area contributed by atoms with Crippen LogP contribution in [0.2, 0.25) is 0 Å². The van der Waals surface area contributed by atoms with Gasteiger partial charge in [0.25, 0.3) is 0 Å². The second-order valence-corrected chi connectivity index (χ2v) is 7.18. The molecule has 0 radical (unpaired) electrons. The van der Waals surface area contributed by atoms with E-state index in [4.69, 9.17) is 0 Å². The number of hydrogen-bond acceptors (Lipinski definition) is 3. The highest BCUT2D eigenvalue weighted by Gasteiger charge is 2.49. The van der Waals surface area contributed by atoms with E-state index in [0.717, 1.165) is 43.7 Å². The third-order valence-electron chi connectivity index (χ3n) is 6.02. The summed E-state index contributed by atoms with van der Waals surface area (Å²) in [6.07, 6.45) is 3.77. The number of nitrogens with zero attached hydrogens (tertiary/aromatic N) is 2. The van der Waals surface area contributed by atoms with E-state index in [2.05, 4.69) is 48.9 Å². The Hall–Kier alpha value is -1.71. The fourth-order valence-corrected chi connectivity index (χ4v) is 4.37. The summed E-state index contributed by atoms with van der Waals surface area (Å²) in [7, 11) is 0. The predicted molar refractivity (Wildman–Crippen MR) is 103 cm³/mol. The number of hydrogen-bond donors (Lipinski definition) is 1. The Kier molecular flexibility index (Phi) is 5.55. The van der Waals surface area contributed by atoms with Gasteiger partial charge in [0, 0.05) is 17.8 Å². The van der Waals surface area contributed by atoms with E-state index in [1.807, 2.05) is 30.5 Å². The highest BCUT2D eigenvalue weighted by atomic mass is 16.3. The summed E-state index contributed by atoms with van der Waals surface area (Å²) >= 11 is 0. The summed E-state index contributed by atoms with van der Waals surface area (Å²) < 4.78 is 0. The Balaban J connectivity index is 1.92. The van der Waals surface area contributed by atoms with Crippen LogP contribution < -0.4 is 0 Å². The Labute approximate surface area is 151 Å². The SMILES string of the molecule is CCN(CC)CCC1Cc2ccccc2C1(O)C(C)c1ccccn1. The molecule has 3 unspecified atom stereocenters. The number of aromatic nitrogens is 1. The average Bonchev–Trinajstić information content (AvgIpc) is 2.96. The molecule has 2 aromatic rings. The van der Waals surface area contributed by atoms with Crippen molar-refractivity contribution >= 4 is 0 Å². The molecule has 0 spiro atoms. The fourth-order valence-electron chi connectivity index (χ4n) is 4.37. The molecular weight excluding hydrogens is 308 g/mol. The minimum atomic E-state index is -0.849. The van der Waals surface area contributed by atoms with Crippen LogP contribution in [0.3, 0.4) is 0 Å². The van der Waals surface area contributed by atoms with Gasteiger partial charge in [-0.25, -0.2) is 0 Å². The van der Waals surface area contributed by atoms with Crippen LogP contribution in [0.15, 0.2) is 48.7 Å². The first kappa shape index (κ1) is 18.1. The normalized spacial score (nSPS) is 23.6. The smallest absolute Gasteiger partial charge is 0.101 e. The van der Waals surface area contributed by atoms with Gasteiger partial charge in [0.15, 0.2) is 0 Å². The van der Waals surface area contributed by atoms with Gasteiger partial charge in [-0.05, 0) is 61.7 Å². The van der Waals surface area contributed by atoms with Gasteiger partial charge in [-0.3, -0.25) is 4.98 Å². The van der Waals surface area contributed by atoms with Gasteiger partial charge < -0.3 is 10.0 Å². The van der Waals surface area contributed by atoms with Crippen molar-refractivity contribution < 1.29 is 5.11 Å². The first-order valence-electron chi connectivity index (χ1n) is 9.55. The topological polar surface area (TPSA) is 36.4 Å². The van der Waals surface area contributed by atoms with Crippen LogP contribution in [0.1, 0.15) is 49.9 Å². The maximum atomic E-state index is 11.9. The van der Waals surface area contributed by atoms with E-state index in [0.29, 0.717) is 0 Å². The maximum absolute atomic E-state index is 11.9. The van der Waals surface area contributed by atoms with E-state index in [1.54, 1.807) is 0 Å². The molecule has 0 aliphatic heterocycles. The summed E-state index contributed by atoms with van der Waals surface area (Å²) in [6, 6.07) is 14.4. The van der Waals surface area contributed by atoms with E-state index in [9.17, 15) is 5.11 Å². The molecule has 0 fully saturated rings. The lowest BCUT2D eigenvalue weighted by atomic mass is 9.74. The molecule has 3 heteroatoms. The molecule has 3 atom stereocenters. The third kappa shape index (κ3) is 3.36. The molecule has 3 nitrogen and oxygen atoms in total. The minimum absolute atomic E-state index is 0.0287. The Morgan fingerprint density at radius 1 is 1.16 bits per heavy atom. The van der Waals surface area contributed by atoms with Crippen molar-refractivity contribution in [2.75, 3.05) is 19.6 Å². The van der Waals surface area contributed by atoms with Crippen LogP contribution >= 0.6 is 0 Å². The monoisotopic (exact) mass is 338 g/mol. The summed E-state index contributed by atoms with van der Waals surface area (Å²) in [5.74, 6) is 0.196. The van der Waals surface area contributed by atoms with Crippen LogP contribution in [-0.4, -0.2) is 34.6 Å². The molecule has 0 saturated carbocycles. The van der Waals surface area contributed by atoms with Crippen LogP contribution in [0.5, 0.6) is 0 Å². The van der Waals surface area contributed by atoms with E-state index >= 15 is 0 Å². The molecule has 1 N–H and O–H groups in total. The van der Waals surface area contributed by atoms with Gasteiger partial charge in [-0.1, -0.05) is 51.1 Å². The van der Waals surface area contributed by atoms with E-state index in [-0.39, 0.29) is 11.8 Å². The number of fused-ring (bicyclic) bond motifs is 1. The molecule has 134 valence electrons. The Morgan fingerprint density at radius 3 is 2.56 bits per heavy atom. The zero-order valence-corrected chi connectivity index (χ0v) is 15.7. The standard InChI is InChI=1S/C22H30N2O/c1-4-24(5-2)15-13-19-16-18-10-6-7-11-20(18)22(19,25)17(3)21-12-8-9-14-23-21/h6-12,14,17,19,25H,4-5,13,15-16H2,1-3H3. The van der Waals surface area contributed by atoms with Gasteiger partial charge >= 0.3 is 0 Å². The summed E-state index contributed by atoms with van der Waals surface area (Å²) in [6.45, 7) is 9.68. The molecule has 0 saturated heterocycles. The largest absolute Gasteiger partial charge is 0.384 e. The second-order valence-electron chi connectivity index (χ2n) is 7.18. The minimum Gasteiger partial charge on any atom is -0.384 e. The van der Waals surface area contributed by atoms with Crippen molar-refractivity contribution in [3.63, 3.8) is 0 Å². The van der Waals surface area contributed by atoms with Crippen molar-refractivity contribution in [1.29, 1.82) is 0 Å². The van der Waals surface area contributed by atoms with Crippen LogP contribution in [-0.2, 0) is 12.0 Å². The van der Waals surface area contributed by atoms with Crippen molar-refractivity contribution in [3.8, 4) is 0 Å². The Morgan fingerprint density at radius 2 is 1.88 bits per heavy atom. The second kappa shape index (κ2) is 7.67. The van der Waals surface area contributed by atoms with Gasteiger partial charge in [0.2, 0.25) is 0 Å². The van der Waals surface area contributed by atoms with Crippen LogP contribution in [0.25, 0.3) is 0 Å². The highest BCUT2D eigenvalue weighted by molar-refractivity contribution is 5.41. The number of aliphatic hydroxyl groups is 1. The molecule has 0 bridgehead atoms. The molecule has 1 aromatic heterocycles. The molecule has 1 aliphatic rings. The molecule has 1 heterocycles. The van der Waals surface area contributed by atoms with Crippen LogP contribution in [0, 0.1) is 5.92 Å². The van der Waals surface area contributed by atoms with Gasteiger partial charge in [-0.15, -0.1) is 0 Å². The first-order chi connectivity index (χ1) is 12.1. The fraction of sp³-hybridized carbons (Fsp3) is 0.500. The average molecular weight is 338 g/mol. The summed E-state index contributed by atoms with van der Waals surface area (Å²) in [5.41, 5.74) is 2.50. The van der Waals surface area contributed by atoms with Crippen molar-refractivity contribution in [2.24, 2.45) is 5.92 Å². The molecule has 1 aliphatic carbocycles. The number of pyridine rings is 1. The van der Waals surface area contributed by atoms with Crippen LogP contribution in [0.4, 0.5) is 0 Å². The lowest BCUT2D eigenvalue weighted by Crippen LogP contribution is -2.39. The Bertz CT molecular complexity index is 683. The highest BCUT2D eigenvalue weighted by Crippen LogP contribution is 2.50. The quantitative estimate of drug-likeness (QED) is 0.830. The van der Waals surface area contributed by atoms with Crippen molar-refractivity contribution in [1.82, 2.24) is 9.88 Å². The lowest BCUT2D eigenvalue weighted by Gasteiger charge is -2.37. The molecular formula is C22H30N2O. The van der Waals surface area contributed by atoms with E-state index < -0.39 is 5.60 Å². The lowest BCUT2D eigenvalue weighted by molar-refractivity contribution is -0.0396. The molecule has 1 aromatic carbocycles. The molecule has 3 rings (SSSR count). The maximum Gasteiger partial charge on any atom is 0.101 e. The van der Waals surface area contributed by atoms with Crippen molar-refractivity contribution in [3.05, 3.63) is 65.5 Å². The summed E-state index contributed by atoms with van der Waals surface area (Å²) in [4.78, 5) is 6.97. The predicted octanol–water partition coefficient (Wildman–Crippen LogP) is 3.98.